The second-order valence-electron chi connectivity index (χ2n) is 8.14. The summed E-state index contributed by atoms with van der Waals surface area (Å²) in [7, 11) is 1.70. The minimum absolute atomic E-state index is 0.204. The molecule has 0 radical (unpaired) electrons. The summed E-state index contributed by atoms with van der Waals surface area (Å²) < 4.78 is 7.36. The average molecular weight is 403 g/mol. The van der Waals surface area contributed by atoms with Gasteiger partial charge in [0.25, 0.3) is 5.91 Å². The average Bonchev–Trinajstić information content (AvgIpc) is 3.35. The zero-order valence-electron chi connectivity index (χ0n) is 17.0. The van der Waals surface area contributed by atoms with Crippen LogP contribution in [0.4, 0.5) is 5.69 Å². The fourth-order valence-corrected chi connectivity index (χ4v) is 4.66. The van der Waals surface area contributed by atoms with Crippen molar-refractivity contribution >= 4 is 11.6 Å². The first-order valence-corrected chi connectivity index (χ1v) is 10.3. The predicted molar refractivity (Wildman–Crippen MR) is 113 cm³/mol. The summed E-state index contributed by atoms with van der Waals surface area (Å²) in [5.41, 5.74) is 2.02. The third kappa shape index (κ3) is 3.68. The fraction of sp³-hybridized carbons (Fsp3) is 0.348. The number of rotatable bonds is 5. The Hall–Kier alpha value is -3.19. The number of aromatic nitrogens is 3. The van der Waals surface area contributed by atoms with E-state index in [1.165, 1.54) is 5.56 Å². The molecule has 1 N–H and O–H groups in total. The van der Waals surface area contributed by atoms with E-state index < -0.39 is 0 Å². The lowest BCUT2D eigenvalue weighted by Gasteiger charge is -2.25. The van der Waals surface area contributed by atoms with Crippen molar-refractivity contribution in [2.24, 2.45) is 11.8 Å². The van der Waals surface area contributed by atoms with Gasteiger partial charge < -0.3 is 14.6 Å². The van der Waals surface area contributed by atoms with E-state index >= 15 is 0 Å². The first-order chi connectivity index (χ1) is 14.7. The fourth-order valence-electron chi connectivity index (χ4n) is 4.66. The minimum atomic E-state index is -0.204. The highest BCUT2D eigenvalue weighted by Gasteiger charge is 2.39. The molecule has 2 aromatic carbocycles. The van der Waals surface area contributed by atoms with Crippen molar-refractivity contribution in [2.45, 2.75) is 19.5 Å². The molecule has 1 fully saturated rings. The topological polar surface area (TPSA) is 72.3 Å². The molecule has 154 valence electrons. The van der Waals surface area contributed by atoms with Crippen molar-refractivity contribution in [3.8, 4) is 5.75 Å². The zero-order valence-corrected chi connectivity index (χ0v) is 17.0. The monoisotopic (exact) mass is 403 g/mol. The highest BCUT2D eigenvalue weighted by molar-refractivity contribution is 6.01. The van der Waals surface area contributed by atoms with Gasteiger partial charge in [0.05, 0.1) is 7.11 Å². The number of benzene rings is 2. The van der Waals surface area contributed by atoms with E-state index in [-0.39, 0.29) is 5.91 Å². The summed E-state index contributed by atoms with van der Waals surface area (Å²) in [4.78, 5) is 15.2. The number of carbonyl (C=O) groups excluding carboxylic acids is 1. The van der Waals surface area contributed by atoms with Gasteiger partial charge in [0.2, 0.25) is 5.82 Å². The highest BCUT2D eigenvalue weighted by Crippen LogP contribution is 2.33. The standard InChI is InChI=1S/C23H25N5O2/c1-30-20-9-5-6-16(10-20)12-27-13-17-11-21-25-26-22(28(21)15-18(17)14-27)23(29)24-19-7-3-2-4-8-19/h2-10,17-18H,11-15H2,1H3,(H,24,29)/t17-,18+/m0/s1. The van der Waals surface area contributed by atoms with Crippen LogP contribution < -0.4 is 10.1 Å². The molecule has 0 unspecified atom stereocenters. The van der Waals surface area contributed by atoms with E-state index in [0.717, 1.165) is 49.9 Å². The molecule has 1 saturated heterocycles. The molecular weight excluding hydrogens is 378 g/mol. The molecule has 5 rings (SSSR count). The van der Waals surface area contributed by atoms with Crippen LogP contribution in [0.5, 0.6) is 5.75 Å². The third-order valence-electron chi connectivity index (χ3n) is 6.12. The quantitative estimate of drug-likeness (QED) is 0.709. The number of fused-ring (bicyclic) bond motifs is 2. The molecule has 2 aliphatic rings. The number of carbonyl (C=O) groups is 1. The Balaban J connectivity index is 1.27. The van der Waals surface area contributed by atoms with Gasteiger partial charge in [-0.1, -0.05) is 30.3 Å². The van der Waals surface area contributed by atoms with Crippen LogP contribution in [0.2, 0.25) is 0 Å². The number of anilines is 1. The largest absolute Gasteiger partial charge is 0.497 e. The van der Waals surface area contributed by atoms with E-state index in [2.05, 4.69) is 32.5 Å². The van der Waals surface area contributed by atoms with Gasteiger partial charge in [-0.15, -0.1) is 10.2 Å². The van der Waals surface area contributed by atoms with Crippen molar-refractivity contribution in [1.29, 1.82) is 0 Å². The van der Waals surface area contributed by atoms with Gasteiger partial charge >= 0.3 is 0 Å². The number of hydrogen-bond acceptors (Lipinski definition) is 5. The Kier molecular flexibility index (Phi) is 4.96. The van der Waals surface area contributed by atoms with Crippen molar-refractivity contribution in [3.63, 3.8) is 0 Å². The molecule has 30 heavy (non-hydrogen) atoms. The first kappa shape index (κ1) is 18.8. The van der Waals surface area contributed by atoms with Crippen molar-refractivity contribution in [2.75, 3.05) is 25.5 Å². The number of para-hydroxylation sites is 1. The number of methoxy groups -OCH3 is 1. The van der Waals surface area contributed by atoms with Gasteiger partial charge in [0.15, 0.2) is 0 Å². The van der Waals surface area contributed by atoms with E-state index in [4.69, 9.17) is 4.74 Å². The lowest BCUT2D eigenvalue weighted by Crippen LogP contribution is -2.31. The maximum atomic E-state index is 12.7. The summed E-state index contributed by atoms with van der Waals surface area (Å²) >= 11 is 0. The van der Waals surface area contributed by atoms with Crippen LogP contribution in [0.3, 0.4) is 0 Å². The Bertz CT molecular complexity index is 1050. The van der Waals surface area contributed by atoms with E-state index in [1.54, 1.807) is 7.11 Å². The maximum absolute atomic E-state index is 12.7. The summed E-state index contributed by atoms with van der Waals surface area (Å²) in [5, 5.41) is 11.5. The van der Waals surface area contributed by atoms with Crippen molar-refractivity contribution in [3.05, 3.63) is 71.8 Å². The van der Waals surface area contributed by atoms with Crippen LogP contribution in [-0.4, -0.2) is 45.8 Å². The molecule has 3 heterocycles. The second kappa shape index (κ2) is 7.91. The Morgan fingerprint density at radius 1 is 1.07 bits per heavy atom. The van der Waals surface area contributed by atoms with E-state index in [9.17, 15) is 4.79 Å². The van der Waals surface area contributed by atoms with Gasteiger partial charge in [-0.2, -0.15) is 0 Å². The summed E-state index contributed by atoms with van der Waals surface area (Å²) in [6.45, 7) is 3.75. The number of nitrogens with one attached hydrogen (secondary N) is 1. The Labute approximate surface area is 175 Å². The summed E-state index contributed by atoms with van der Waals surface area (Å²) in [6, 6.07) is 17.7. The number of ether oxygens (including phenoxy) is 1. The number of hydrogen-bond donors (Lipinski definition) is 1. The SMILES string of the molecule is COc1cccc(CN2C[C@@H]3Cn4c(nnc4C(=O)Nc4ccccc4)C[C@H]3C2)c1. The summed E-state index contributed by atoms with van der Waals surface area (Å²) in [5.74, 6) is 3.06. The van der Waals surface area contributed by atoms with Crippen LogP contribution >= 0.6 is 0 Å². The number of amides is 1. The molecular formula is C23H25N5O2. The predicted octanol–water partition coefficient (Wildman–Crippen LogP) is 2.84. The van der Waals surface area contributed by atoms with E-state index in [0.29, 0.717) is 17.7 Å². The van der Waals surface area contributed by atoms with Crippen LogP contribution in [0, 0.1) is 11.8 Å². The third-order valence-corrected chi connectivity index (χ3v) is 6.12. The Morgan fingerprint density at radius 2 is 1.90 bits per heavy atom. The molecule has 1 aromatic heterocycles. The molecule has 2 atom stereocenters. The van der Waals surface area contributed by atoms with E-state index in [1.807, 2.05) is 47.0 Å². The molecule has 0 aliphatic carbocycles. The lowest BCUT2D eigenvalue weighted by atomic mass is 9.89. The molecule has 7 heteroatoms. The van der Waals surface area contributed by atoms with Gasteiger partial charge in [-0.05, 0) is 41.7 Å². The normalized spacial score (nSPS) is 20.4. The van der Waals surface area contributed by atoms with Crippen molar-refractivity contribution < 1.29 is 9.53 Å². The van der Waals surface area contributed by atoms with Gasteiger partial charge in [0, 0.05) is 38.3 Å². The molecule has 0 spiro atoms. The van der Waals surface area contributed by atoms with Gasteiger partial charge in [-0.3, -0.25) is 9.69 Å². The van der Waals surface area contributed by atoms with Crippen LogP contribution in [0.1, 0.15) is 22.0 Å². The van der Waals surface area contributed by atoms with Gasteiger partial charge in [0.1, 0.15) is 11.6 Å². The number of nitrogens with zero attached hydrogens (tertiary/aromatic N) is 4. The van der Waals surface area contributed by atoms with Gasteiger partial charge in [-0.25, -0.2) is 0 Å². The molecule has 0 saturated carbocycles. The van der Waals surface area contributed by atoms with Crippen molar-refractivity contribution in [1.82, 2.24) is 19.7 Å². The first-order valence-electron chi connectivity index (χ1n) is 10.3. The minimum Gasteiger partial charge on any atom is -0.497 e. The van der Waals surface area contributed by atoms with Crippen LogP contribution in [0.15, 0.2) is 54.6 Å². The highest BCUT2D eigenvalue weighted by atomic mass is 16.5. The maximum Gasteiger partial charge on any atom is 0.293 e. The van der Waals surface area contributed by atoms with Crippen LogP contribution in [0.25, 0.3) is 0 Å². The molecule has 3 aromatic rings. The molecule has 1 amide bonds. The number of likely N-dealkylation sites (tertiary alicyclic amines) is 1. The molecule has 0 bridgehead atoms. The summed E-state index contributed by atoms with van der Waals surface area (Å²) in [6.07, 6.45) is 0.866. The Morgan fingerprint density at radius 3 is 2.73 bits per heavy atom. The molecule has 2 aliphatic heterocycles. The second-order valence-corrected chi connectivity index (χ2v) is 8.14. The van der Waals surface area contributed by atoms with Crippen LogP contribution in [-0.2, 0) is 19.5 Å². The zero-order chi connectivity index (χ0) is 20.5. The lowest BCUT2D eigenvalue weighted by molar-refractivity contribution is 0.100. The molecule has 7 nitrogen and oxygen atoms in total. The smallest absolute Gasteiger partial charge is 0.293 e.